The SMILES string of the molecule is CC(=O)C(=Cc1cccc(Cl)c1Cl)C(=O)CCCCCl. The highest BCUT2D eigenvalue weighted by molar-refractivity contribution is 6.43. The van der Waals surface area contributed by atoms with Gasteiger partial charge in [0.15, 0.2) is 11.6 Å². The van der Waals surface area contributed by atoms with Crippen LogP contribution in [0.3, 0.4) is 0 Å². The molecule has 1 aromatic rings. The van der Waals surface area contributed by atoms with Crippen molar-refractivity contribution in [2.24, 2.45) is 0 Å². The van der Waals surface area contributed by atoms with Crippen LogP contribution in [0.15, 0.2) is 23.8 Å². The molecule has 1 rings (SSSR count). The molecule has 0 heterocycles. The molecule has 20 heavy (non-hydrogen) atoms. The average Bonchev–Trinajstić information content (AvgIpc) is 2.40. The zero-order valence-corrected chi connectivity index (χ0v) is 13.4. The largest absolute Gasteiger partial charge is 0.294 e. The summed E-state index contributed by atoms with van der Waals surface area (Å²) in [4.78, 5) is 23.7. The van der Waals surface area contributed by atoms with Gasteiger partial charge in [-0.15, -0.1) is 11.6 Å². The van der Waals surface area contributed by atoms with Crippen molar-refractivity contribution in [3.63, 3.8) is 0 Å². The van der Waals surface area contributed by atoms with Crippen molar-refractivity contribution in [1.82, 2.24) is 0 Å². The van der Waals surface area contributed by atoms with E-state index in [4.69, 9.17) is 34.8 Å². The Bertz CT molecular complexity index is 536. The van der Waals surface area contributed by atoms with E-state index in [9.17, 15) is 9.59 Å². The number of carbonyl (C=O) groups excluding carboxylic acids is 2. The minimum atomic E-state index is -0.281. The number of halogens is 3. The first-order chi connectivity index (χ1) is 9.47. The third-order valence-corrected chi connectivity index (χ3v) is 3.85. The normalized spacial score (nSPS) is 11.5. The predicted octanol–water partition coefficient (Wildman–Crippen LogP) is 4.94. The molecule has 0 aliphatic carbocycles. The smallest absolute Gasteiger partial charge is 0.166 e. The van der Waals surface area contributed by atoms with Crippen LogP contribution >= 0.6 is 34.8 Å². The van der Waals surface area contributed by atoms with Gasteiger partial charge in [-0.05, 0) is 37.5 Å². The van der Waals surface area contributed by atoms with Gasteiger partial charge in [0.25, 0.3) is 0 Å². The monoisotopic (exact) mass is 332 g/mol. The lowest BCUT2D eigenvalue weighted by molar-refractivity contribution is -0.120. The Kier molecular flexibility index (Phi) is 7.28. The molecule has 1 aromatic carbocycles. The second kappa shape index (κ2) is 8.46. The molecule has 0 N–H and O–H groups in total. The van der Waals surface area contributed by atoms with E-state index in [1.807, 2.05) is 0 Å². The molecule has 0 spiro atoms. The Hall–Kier alpha value is -0.830. The molecule has 0 saturated carbocycles. The molecule has 0 aliphatic heterocycles. The second-order valence-corrected chi connectivity index (χ2v) is 5.49. The lowest BCUT2D eigenvalue weighted by Crippen LogP contribution is -2.10. The Labute approximate surface area is 133 Å². The summed E-state index contributed by atoms with van der Waals surface area (Å²) in [7, 11) is 0. The number of hydrogen-bond acceptors (Lipinski definition) is 2. The van der Waals surface area contributed by atoms with Crippen LogP contribution in [0.25, 0.3) is 6.08 Å². The van der Waals surface area contributed by atoms with Crippen LogP contribution in [0.2, 0.25) is 10.0 Å². The predicted molar refractivity (Wildman–Crippen MR) is 84.7 cm³/mol. The van der Waals surface area contributed by atoms with Crippen molar-refractivity contribution in [2.45, 2.75) is 26.2 Å². The van der Waals surface area contributed by atoms with Crippen LogP contribution in [-0.4, -0.2) is 17.4 Å². The zero-order valence-electron chi connectivity index (χ0n) is 11.1. The Morgan fingerprint density at radius 1 is 1.20 bits per heavy atom. The van der Waals surface area contributed by atoms with Crippen molar-refractivity contribution in [3.05, 3.63) is 39.4 Å². The highest BCUT2D eigenvalue weighted by atomic mass is 35.5. The lowest BCUT2D eigenvalue weighted by Gasteiger charge is -2.05. The number of alkyl halides is 1. The summed E-state index contributed by atoms with van der Waals surface area (Å²) in [5, 5.41) is 0.722. The highest BCUT2D eigenvalue weighted by Crippen LogP contribution is 2.27. The molecule has 108 valence electrons. The maximum Gasteiger partial charge on any atom is 0.166 e. The highest BCUT2D eigenvalue weighted by Gasteiger charge is 2.15. The van der Waals surface area contributed by atoms with Crippen LogP contribution in [0.1, 0.15) is 31.7 Å². The van der Waals surface area contributed by atoms with E-state index < -0.39 is 0 Å². The maximum absolute atomic E-state index is 12.1. The van der Waals surface area contributed by atoms with Crippen molar-refractivity contribution >= 4 is 52.4 Å². The molecular formula is C15H15Cl3O2. The molecular weight excluding hydrogens is 319 g/mol. The van der Waals surface area contributed by atoms with Crippen molar-refractivity contribution in [3.8, 4) is 0 Å². The molecule has 0 aromatic heterocycles. The van der Waals surface area contributed by atoms with Gasteiger partial charge in [0.2, 0.25) is 0 Å². The molecule has 0 fully saturated rings. The van der Waals surface area contributed by atoms with Gasteiger partial charge in [-0.1, -0.05) is 35.3 Å². The molecule has 0 atom stereocenters. The number of hydrogen-bond donors (Lipinski definition) is 0. The summed E-state index contributed by atoms with van der Waals surface area (Å²) in [5.74, 6) is 0.0301. The van der Waals surface area contributed by atoms with Gasteiger partial charge in [0.1, 0.15) is 0 Å². The molecule has 0 unspecified atom stereocenters. The third kappa shape index (κ3) is 4.93. The molecule has 2 nitrogen and oxygen atoms in total. The van der Waals surface area contributed by atoms with Crippen LogP contribution in [0.4, 0.5) is 0 Å². The Balaban J connectivity index is 3.01. The zero-order chi connectivity index (χ0) is 15.1. The second-order valence-electron chi connectivity index (χ2n) is 4.33. The number of benzene rings is 1. The Morgan fingerprint density at radius 2 is 1.90 bits per heavy atom. The molecule has 5 heteroatoms. The average molecular weight is 334 g/mol. The van der Waals surface area contributed by atoms with Crippen molar-refractivity contribution < 1.29 is 9.59 Å². The summed E-state index contributed by atoms with van der Waals surface area (Å²) in [6, 6.07) is 5.08. The van der Waals surface area contributed by atoms with Crippen LogP contribution in [-0.2, 0) is 9.59 Å². The minimum absolute atomic E-state index is 0.142. The lowest BCUT2D eigenvalue weighted by atomic mass is 10.00. The van der Waals surface area contributed by atoms with Crippen molar-refractivity contribution in [2.75, 3.05) is 5.88 Å². The number of Topliss-reactive ketones (excluding diaryl/α,β-unsaturated/α-hetero) is 2. The number of ketones is 2. The van der Waals surface area contributed by atoms with E-state index in [1.165, 1.54) is 13.0 Å². The van der Waals surface area contributed by atoms with Crippen molar-refractivity contribution in [1.29, 1.82) is 0 Å². The van der Waals surface area contributed by atoms with Gasteiger partial charge in [-0.2, -0.15) is 0 Å². The van der Waals surface area contributed by atoms with Gasteiger partial charge in [-0.25, -0.2) is 0 Å². The third-order valence-electron chi connectivity index (χ3n) is 2.75. The fraction of sp³-hybridized carbons (Fsp3) is 0.333. The van der Waals surface area contributed by atoms with Crippen LogP contribution in [0.5, 0.6) is 0 Å². The number of unbranched alkanes of at least 4 members (excludes halogenated alkanes) is 1. The molecule has 0 aliphatic rings. The van der Waals surface area contributed by atoms with Gasteiger partial charge in [0.05, 0.1) is 15.6 Å². The summed E-state index contributed by atoms with van der Waals surface area (Å²) in [5.41, 5.74) is 0.707. The Morgan fingerprint density at radius 3 is 2.50 bits per heavy atom. The molecule has 0 radical (unpaired) electrons. The van der Waals surface area contributed by atoms with Gasteiger partial charge in [0, 0.05) is 12.3 Å². The van der Waals surface area contributed by atoms with E-state index in [0.29, 0.717) is 34.3 Å². The number of carbonyl (C=O) groups is 2. The summed E-state index contributed by atoms with van der Waals surface area (Å²) in [6.45, 7) is 1.36. The van der Waals surface area contributed by atoms with Gasteiger partial charge in [-0.3, -0.25) is 9.59 Å². The van der Waals surface area contributed by atoms with E-state index in [0.717, 1.165) is 6.42 Å². The maximum atomic E-state index is 12.1. The van der Waals surface area contributed by atoms with E-state index in [1.54, 1.807) is 18.2 Å². The number of allylic oxidation sites excluding steroid dienone is 1. The topological polar surface area (TPSA) is 34.1 Å². The first-order valence-electron chi connectivity index (χ1n) is 6.23. The first-order valence-corrected chi connectivity index (χ1v) is 7.52. The quantitative estimate of drug-likeness (QED) is 0.233. The summed E-state index contributed by atoms with van der Waals surface area (Å²) >= 11 is 17.5. The molecule has 0 saturated heterocycles. The minimum Gasteiger partial charge on any atom is -0.294 e. The fourth-order valence-electron chi connectivity index (χ4n) is 1.68. The van der Waals surface area contributed by atoms with E-state index in [-0.39, 0.29) is 17.1 Å². The molecule has 0 bridgehead atoms. The number of rotatable bonds is 7. The first kappa shape index (κ1) is 17.2. The van der Waals surface area contributed by atoms with Gasteiger partial charge < -0.3 is 0 Å². The standard InChI is InChI=1S/C15H15Cl3O2/c1-10(19)12(14(20)7-2-3-8-16)9-11-5-4-6-13(17)15(11)18/h4-6,9H,2-3,7-8H2,1H3. The van der Waals surface area contributed by atoms with E-state index in [2.05, 4.69) is 0 Å². The van der Waals surface area contributed by atoms with Gasteiger partial charge >= 0.3 is 0 Å². The molecule has 0 amide bonds. The van der Waals surface area contributed by atoms with Crippen LogP contribution < -0.4 is 0 Å². The van der Waals surface area contributed by atoms with Crippen LogP contribution in [0, 0.1) is 0 Å². The summed E-state index contributed by atoms with van der Waals surface area (Å²) < 4.78 is 0. The van der Waals surface area contributed by atoms with E-state index >= 15 is 0 Å². The summed E-state index contributed by atoms with van der Waals surface area (Å²) in [6.07, 6.45) is 3.21. The fourth-order valence-corrected chi connectivity index (χ4v) is 2.23.